The van der Waals surface area contributed by atoms with Crippen LogP contribution in [0.1, 0.15) is 20.8 Å². The van der Waals surface area contributed by atoms with Crippen LogP contribution in [0.2, 0.25) is 0 Å². The minimum atomic E-state index is -0.0976. The highest BCUT2D eigenvalue weighted by Gasteiger charge is 2.01. The molecule has 10 heavy (non-hydrogen) atoms. The van der Waals surface area contributed by atoms with Gasteiger partial charge in [-0.3, -0.25) is 0 Å². The van der Waals surface area contributed by atoms with Crippen LogP contribution in [0.5, 0.6) is 0 Å². The highest BCUT2D eigenvalue weighted by molar-refractivity contribution is 7.80. The summed E-state index contributed by atoms with van der Waals surface area (Å²) in [6.45, 7) is 7.16. The van der Waals surface area contributed by atoms with Crippen molar-refractivity contribution >= 4 is 12.6 Å². The molecule has 0 heterocycles. The van der Waals surface area contributed by atoms with Crippen molar-refractivity contribution in [2.24, 2.45) is 0 Å². The summed E-state index contributed by atoms with van der Waals surface area (Å²) in [5.41, 5.74) is 0. The van der Waals surface area contributed by atoms with Crippen LogP contribution in [0.25, 0.3) is 0 Å². The van der Waals surface area contributed by atoms with E-state index in [-0.39, 0.29) is 11.5 Å². The molecule has 0 bridgehead atoms. The Balaban J connectivity index is 3.12. The molecule has 0 rings (SSSR count). The lowest BCUT2D eigenvalue weighted by atomic mass is 10.5. The van der Waals surface area contributed by atoms with Crippen LogP contribution in [0, 0.1) is 0 Å². The van der Waals surface area contributed by atoms with E-state index in [4.69, 9.17) is 9.47 Å². The van der Waals surface area contributed by atoms with E-state index in [0.29, 0.717) is 13.2 Å². The first-order valence-electron chi connectivity index (χ1n) is 3.58. The molecular weight excluding hydrogens is 148 g/mol. The highest BCUT2D eigenvalue weighted by Crippen LogP contribution is 1.98. The molecule has 0 saturated heterocycles. The average Bonchev–Trinajstić information content (AvgIpc) is 1.85. The highest BCUT2D eigenvalue weighted by atomic mass is 32.1. The van der Waals surface area contributed by atoms with E-state index >= 15 is 0 Å². The summed E-state index contributed by atoms with van der Waals surface area (Å²) in [7, 11) is 0. The quantitative estimate of drug-likeness (QED) is 0.492. The van der Waals surface area contributed by atoms with E-state index in [1.165, 1.54) is 0 Å². The van der Waals surface area contributed by atoms with Gasteiger partial charge in [-0.25, -0.2) is 0 Å². The van der Waals surface area contributed by atoms with E-state index in [1.54, 1.807) is 0 Å². The third kappa shape index (κ3) is 6.39. The monoisotopic (exact) mass is 164 g/mol. The number of ether oxygens (including phenoxy) is 2. The first kappa shape index (κ1) is 10.3. The van der Waals surface area contributed by atoms with Gasteiger partial charge in [0.25, 0.3) is 0 Å². The molecule has 0 saturated carbocycles. The Morgan fingerprint density at radius 1 is 1.30 bits per heavy atom. The van der Waals surface area contributed by atoms with Gasteiger partial charge in [-0.15, -0.1) is 0 Å². The van der Waals surface area contributed by atoms with E-state index in [1.807, 2.05) is 20.8 Å². The van der Waals surface area contributed by atoms with Crippen molar-refractivity contribution in [2.45, 2.75) is 32.3 Å². The minimum Gasteiger partial charge on any atom is -0.353 e. The summed E-state index contributed by atoms with van der Waals surface area (Å²) in [6.07, 6.45) is -0.0976. The van der Waals surface area contributed by atoms with Crippen LogP contribution in [0.15, 0.2) is 0 Å². The summed E-state index contributed by atoms with van der Waals surface area (Å²) in [5, 5.41) is 0.280. The second-order valence-corrected chi connectivity index (χ2v) is 3.09. The van der Waals surface area contributed by atoms with Gasteiger partial charge >= 0.3 is 0 Å². The molecule has 0 aromatic heterocycles. The number of thiol groups is 1. The lowest BCUT2D eigenvalue weighted by molar-refractivity contribution is -0.125. The van der Waals surface area contributed by atoms with Crippen molar-refractivity contribution < 1.29 is 9.47 Å². The molecule has 3 heteroatoms. The van der Waals surface area contributed by atoms with E-state index in [9.17, 15) is 0 Å². The lowest BCUT2D eigenvalue weighted by Crippen LogP contribution is -2.17. The van der Waals surface area contributed by atoms with Gasteiger partial charge in [0.15, 0.2) is 6.29 Å². The zero-order valence-electron chi connectivity index (χ0n) is 6.83. The Morgan fingerprint density at radius 3 is 2.30 bits per heavy atom. The van der Waals surface area contributed by atoms with Gasteiger partial charge in [-0.2, -0.15) is 12.6 Å². The number of hydrogen-bond acceptors (Lipinski definition) is 3. The first-order chi connectivity index (χ1) is 4.66. The van der Waals surface area contributed by atoms with Gasteiger partial charge in [0.05, 0.1) is 6.61 Å². The normalized spacial score (nSPS) is 16.8. The average molecular weight is 164 g/mol. The Morgan fingerprint density at radius 2 is 1.90 bits per heavy atom. The van der Waals surface area contributed by atoms with Gasteiger partial charge in [-0.1, -0.05) is 6.92 Å². The second-order valence-electron chi connectivity index (χ2n) is 2.21. The SMILES string of the molecule is CCOC(C)OCC(C)S. The second kappa shape index (κ2) is 6.01. The van der Waals surface area contributed by atoms with E-state index in [2.05, 4.69) is 12.6 Å². The summed E-state index contributed by atoms with van der Waals surface area (Å²) in [6, 6.07) is 0. The van der Waals surface area contributed by atoms with E-state index in [0.717, 1.165) is 0 Å². The maximum atomic E-state index is 5.25. The Bertz CT molecular complexity index is 76.0. The number of hydrogen-bond donors (Lipinski definition) is 1. The maximum absolute atomic E-state index is 5.25. The lowest BCUT2D eigenvalue weighted by Gasteiger charge is -2.13. The van der Waals surface area contributed by atoms with E-state index < -0.39 is 0 Å². The molecule has 0 aliphatic carbocycles. The molecular formula is C7H16O2S. The molecule has 0 radical (unpaired) electrons. The fraction of sp³-hybridized carbons (Fsp3) is 1.00. The third-order valence-corrected chi connectivity index (χ3v) is 1.12. The van der Waals surface area contributed by atoms with Crippen LogP contribution in [0.4, 0.5) is 0 Å². The fourth-order valence-electron chi connectivity index (χ4n) is 0.558. The van der Waals surface area contributed by atoms with Gasteiger partial charge in [-0.05, 0) is 13.8 Å². The first-order valence-corrected chi connectivity index (χ1v) is 4.09. The molecule has 0 aromatic carbocycles. The third-order valence-electron chi connectivity index (χ3n) is 0.974. The zero-order valence-corrected chi connectivity index (χ0v) is 7.73. The smallest absolute Gasteiger partial charge is 0.154 e. The van der Waals surface area contributed by atoms with Crippen molar-refractivity contribution in [3.8, 4) is 0 Å². The topological polar surface area (TPSA) is 18.5 Å². The van der Waals surface area contributed by atoms with Crippen LogP contribution in [-0.2, 0) is 9.47 Å². The molecule has 0 amide bonds. The Hall–Kier alpha value is 0.270. The maximum Gasteiger partial charge on any atom is 0.154 e. The van der Waals surface area contributed by atoms with Gasteiger partial charge in [0.1, 0.15) is 0 Å². The van der Waals surface area contributed by atoms with Crippen LogP contribution in [-0.4, -0.2) is 24.8 Å². The molecule has 0 aliphatic heterocycles. The molecule has 62 valence electrons. The Kier molecular flexibility index (Phi) is 6.17. The van der Waals surface area contributed by atoms with Crippen molar-refractivity contribution in [1.82, 2.24) is 0 Å². The summed E-state index contributed by atoms with van der Waals surface area (Å²) in [5.74, 6) is 0. The molecule has 2 unspecified atom stereocenters. The van der Waals surface area contributed by atoms with Gasteiger partial charge in [0.2, 0.25) is 0 Å². The predicted octanol–water partition coefficient (Wildman–Crippen LogP) is 1.70. The molecule has 0 spiro atoms. The summed E-state index contributed by atoms with van der Waals surface area (Å²) >= 11 is 4.16. The van der Waals surface area contributed by atoms with Gasteiger partial charge < -0.3 is 9.47 Å². The Labute approximate surface area is 68.3 Å². The van der Waals surface area contributed by atoms with Crippen molar-refractivity contribution in [3.63, 3.8) is 0 Å². The molecule has 2 atom stereocenters. The largest absolute Gasteiger partial charge is 0.353 e. The van der Waals surface area contributed by atoms with Crippen LogP contribution in [0.3, 0.4) is 0 Å². The van der Waals surface area contributed by atoms with Crippen molar-refractivity contribution in [1.29, 1.82) is 0 Å². The van der Waals surface area contributed by atoms with Crippen LogP contribution < -0.4 is 0 Å². The molecule has 2 nitrogen and oxygen atoms in total. The molecule has 0 N–H and O–H groups in total. The fourth-order valence-corrected chi connectivity index (χ4v) is 0.644. The van der Waals surface area contributed by atoms with Crippen LogP contribution >= 0.6 is 12.6 Å². The standard InChI is InChI=1S/C7H16O2S/c1-4-8-7(3)9-5-6(2)10/h6-7,10H,4-5H2,1-3H3. The molecule has 0 aromatic rings. The predicted molar refractivity (Wildman–Crippen MR) is 45.5 cm³/mol. The summed E-state index contributed by atoms with van der Waals surface area (Å²) in [4.78, 5) is 0. The molecule has 0 fully saturated rings. The van der Waals surface area contributed by atoms with Crippen molar-refractivity contribution in [3.05, 3.63) is 0 Å². The summed E-state index contributed by atoms with van der Waals surface area (Å²) < 4.78 is 10.4. The zero-order chi connectivity index (χ0) is 7.98. The number of rotatable bonds is 5. The molecule has 0 aliphatic rings. The minimum absolute atomic E-state index is 0.0976. The van der Waals surface area contributed by atoms with Gasteiger partial charge in [0, 0.05) is 11.9 Å². The van der Waals surface area contributed by atoms with Crippen molar-refractivity contribution in [2.75, 3.05) is 13.2 Å².